The first-order chi connectivity index (χ1) is 7.56. The van der Waals surface area contributed by atoms with Crippen LogP contribution in [0.3, 0.4) is 0 Å². The molecule has 0 saturated carbocycles. The second-order valence-corrected chi connectivity index (χ2v) is 3.42. The van der Waals surface area contributed by atoms with E-state index in [0.717, 1.165) is 0 Å². The van der Waals surface area contributed by atoms with Gasteiger partial charge in [-0.25, -0.2) is 4.98 Å². The first-order valence-electron chi connectivity index (χ1n) is 4.81. The molecule has 1 heterocycles. The van der Waals surface area contributed by atoms with Crippen molar-refractivity contribution in [3.63, 3.8) is 0 Å². The summed E-state index contributed by atoms with van der Waals surface area (Å²) in [5, 5.41) is 9.39. The molecule has 5 nitrogen and oxygen atoms in total. The highest BCUT2D eigenvalue weighted by molar-refractivity contribution is 5.98. The predicted molar refractivity (Wildman–Crippen MR) is 56.0 cm³/mol. The number of carbonyl (C=O) groups is 2. The molecule has 5 heteroatoms. The van der Waals surface area contributed by atoms with E-state index in [9.17, 15) is 14.7 Å². The van der Waals surface area contributed by atoms with Gasteiger partial charge in [-0.05, 0) is 12.1 Å². The lowest BCUT2D eigenvalue weighted by molar-refractivity contribution is -0.144. The number of aromatic nitrogens is 1. The molecule has 0 unspecified atom stereocenters. The van der Waals surface area contributed by atoms with Crippen molar-refractivity contribution >= 4 is 11.8 Å². The summed E-state index contributed by atoms with van der Waals surface area (Å²) >= 11 is 0. The van der Waals surface area contributed by atoms with Gasteiger partial charge in [-0.1, -0.05) is 6.92 Å². The van der Waals surface area contributed by atoms with Crippen LogP contribution in [0, 0.1) is 5.92 Å². The van der Waals surface area contributed by atoms with Crippen LogP contribution in [-0.4, -0.2) is 29.0 Å². The van der Waals surface area contributed by atoms with Crippen LogP contribution in [0.25, 0.3) is 0 Å². The molecular weight excluding hydrogens is 210 g/mol. The molecule has 0 bridgehead atoms. The third-order valence-electron chi connectivity index (χ3n) is 2.15. The number of methoxy groups -OCH3 is 1. The average Bonchev–Trinajstić information content (AvgIpc) is 2.28. The van der Waals surface area contributed by atoms with Crippen molar-refractivity contribution in [1.82, 2.24) is 4.98 Å². The van der Waals surface area contributed by atoms with Crippen LogP contribution < -0.4 is 0 Å². The molecular formula is C11H13NO4. The smallest absolute Gasteiger partial charge is 0.308 e. The molecule has 0 fully saturated rings. The van der Waals surface area contributed by atoms with E-state index in [1.165, 1.54) is 25.4 Å². The number of ether oxygens (including phenoxy) is 1. The van der Waals surface area contributed by atoms with Gasteiger partial charge in [0.15, 0.2) is 5.78 Å². The lowest BCUT2D eigenvalue weighted by Gasteiger charge is -2.08. The van der Waals surface area contributed by atoms with Crippen molar-refractivity contribution in [2.75, 3.05) is 7.11 Å². The van der Waals surface area contributed by atoms with Crippen molar-refractivity contribution in [2.24, 2.45) is 5.92 Å². The van der Waals surface area contributed by atoms with E-state index >= 15 is 0 Å². The van der Waals surface area contributed by atoms with Crippen LogP contribution in [-0.2, 0) is 9.53 Å². The number of Topliss-reactive ketones (excluding diaryl/α,β-unsaturated/α-hetero) is 1. The van der Waals surface area contributed by atoms with E-state index < -0.39 is 11.9 Å². The molecule has 1 aromatic rings. The Morgan fingerprint density at radius 2 is 2.25 bits per heavy atom. The normalized spacial score (nSPS) is 11.9. The van der Waals surface area contributed by atoms with Crippen LogP contribution in [0.2, 0.25) is 0 Å². The number of rotatable bonds is 4. The van der Waals surface area contributed by atoms with Gasteiger partial charge in [-0.15, -0.1) is 0 Å². The fourth-order valence-electron chi connectivity index (χ4n) is 1.27. The number of carbonyl (C=O) groups excluding carboxylic acids is 2. The first kappa shape index (κ1) is 12.2. The van der Waals surface area contributed by atoms with Crippen LogP contribution in [0.5, 0.6) is 5.75 Å². The van der Waals surface area contributed by atoms with Crippen LogP contribution >= 0.6 is 0 Å². The molecule has 0 amide bonds. The summed E-state index contributed by atoms with van der Waals surface area (Å²) < 4.78 is 4.50. The number of ketones is 1. The summed E-state index contributed by atoms with van der Waals surface area (Å²) in [7, 11) is 1.27. The zero-order chi connectivity index (χ0) is 12.1. The molecule has 0 aliphatic rings. The molecule has 1 atom stereocenters. The van der Waals surface area contributed by atoms with Crippen LogP contribution in [0.1, 0.15) is 23.8 Å². The summed E-state index contributed by atoms with van der Waals surface area (Å²) in [5.41, 5.74) is -0.0155. The Labute approximate surface area is 93.1 Å². The molecule has 0 radical (unpaired) electrons. The van der Waals surface area contributed by atoms with Crippen molar-refractivity contribution in [2.45, 2.75) is 13.3 Å². The average molecular weight is 223 g/mol. The standard InChI is InChI=1S/C11H13NO4/c1-7(11(15)16-2)6-9(14)10-8(13)4-3-5-12-10/h3-5,7,13H,6H2,1-2H3/t7-/m1/s1. The fourth-order valence-corrected chi connectivity index (χ4v) is 1.27. The van der Waals surface area contributed by atoms with E-state index in [0.29, 0.717) is 0 Å². The molecule has 1 N–H and O–H groups in total. The van der Waals surface area contributed by atoms with Gasteiger partial charge in [0.05, 0.1) is 13.0 Å². The van der Waals surface area contributed by atoms with Gasteiger partial charge in [0, 0.05) is 12.6 Å². The third-order valence-corrected chi connectivity index (χ3v) is 2.15. The van der Waals surface area contributed by atoms with E-state index in [1.807, 2.05) is 0 Å². The summed E-state index contributed by atoms with van der Waals surface area (Å²) in [6.07, 6.45) is 1.38. The number of hydrogen-bond acceptors (Lipinski definition) is 5. The maximum atomic E-state index is 11.7. The maximum absolute atomic E-state index is 11.7. The number of aromatic hydroxyl groups is 1. The van der Waals surface area contributed by atoms with Crippen molar-refractivity contribution in [1.29, 1.82) is 0 Å². The maximum Gasteiger partial charge on any atom is 0.308 e. The number of esters is 1. The fraction of sp³-hybridized carbons (Fsp3) is 0.364. The molecule has 0 aliphatic heterocycles. The van der Waals surface area contributed by atoms with Crippen LogP contribution in [0.4, 0.5) is 0 Å². The summed E-state index contributed by atoms with van der Waals surface area (Å²) in [4.78, 5) is 26.5. The summed E-state index contributed by atoms with van der Waals surface area (Å²) in [6.45, 7) is 1.59. The Bertz CT molecular complexity index is 403. The highest BCUT2D eigenvalue weighted by Gasteiger charge is 2.20. The number of hydrogen-bond donors (Lipinski definition) is 1. The lowest BCUT2D eigenvalue weighted by Crippen LogP contribution is -2.17. The van der Waals surface area contributed by atoms with Crippen molar-refractivity contribution in [3.05, 3.63) is 24.0 Å². The van der Waals surface area contributed by atoms with E-state index in [1.54, 1.807) is 6.92 Å². The highest BCUT2D eigenvalue weighted by Crippen LogP contribution is 2.17. The number of nitrogens with zero attached hydrogens (tertiary/aromatic N) is 1. The Morgan fingerprint density at radius 3 is 2.81 bits per heavy atom. The minimum absolute atomic E-state index is 0.0155. The quantitative estimate of drug-likeness (QED) is 0.612. The molecule has 0 saturated heterocycles. The largest absolute Gasteiger partial charge is 0.506 e. The third kappa shape index (κ3) is 2.79. The molecule has 86 valence electrons. The zero-order valence-corrected chi connectivity index (χ0v) is 9.14. The Balaban J connectivity index is 2.73. The molecule has 1 aromatic heterocycles. The van der Waals surface area contributed by atoms with E-state index in [-0.39, 0.29) is 23.6 Å². The Hall–Kier alpha value is -1.91. The lowest BCUT2D eigenvalue weighted by atomic mass is 10.0. The number of pyridine rings is 1. The van der Waals surface area contributed by atoms with Gasteiger partial charge in [-0.2, -0.15) is 0 Å². The van der Waals surface area contributed by atoms with Crippen LogP contribution in [0.15, 0.2) is 18.3 Å². The molecule has 1 rings (SSSR count). The van der Waals surface area contributed by atoms with E-state index in [2.05, 4.69) is 9.72 Å². The SMILES string of the molecule is COC(=O)[C@H](C)CC(=O)c1ncccc1O. The second kappa shape index (κ2) is 5.25. The molecule has 16 heavy (non-hydrogen) atoms. The van der Waals surface area contributed by atoms with Gasteiger partial charge < -0.3 is 9.84 Å². The Kier molecular flexibility index (Phi) is 3.99. The molecule has 0 spiro atoms. The molecule has 0 aliphatic carbocycles. The summed E-state index contributed by atoms with van der Waals surface area (Å²) in [6, 6.07) is 2.90. The van der Waals surface area contributed by atoms with Crippen molar-refractivity contribution in [3.8, 4) is 5.75 Å². The first-order valence-corrected chi connectivity index (χ1v) is 4.81. The summed E-state index contributed by atoms with van der Waals surface area (Å²) in [5.74, 6) is -1.55. The van der Waals surface area contributed by atoms with Gasteiger partial charge >= 0.3 is 5.97 Å². The molecule has 0 aromatic carbocycles. The minimum atomic E-state index is -0.543. The van der Waals surface area contributed by atoms with E-state index in [4.69, 9.17) is 0 Å². The van der Waals surface area contributed by atoms with Gasteiger partial charge in [0.2, 0.25) is 0 Å². The second-order valence-electron chi connectivity index (χ2n) is 3.42. The van der Waals surface area contributed by atoms with Crippen molar-refractivity contribution < 1.29 is 19.4 Å². The Morgan fingerprint density at radius 1 is 1.56 bits per heavy atom. The minimum Gasteiger partial charge on any atom is -0.506 e. The van der Waals surface area contributed by atoms with Gasteiger partial charge in [-0.3, -0.25) is 9.59 Å². The topological polar surface area (TPSA) is 76.5 Å². The van der Waals surface area contributed by atoms with Gasteiger partial charge in [0.25, 0.3) is 0 Å². The van der Waals surface area contributed by atoms with Gasteiger partial charge in [0.1, 0.15) is 11.4 Å². The zero-order valence-electron chi connectivity index (χ0n) is 9.14. The predicted octanol–water partition coefficient (Wildman–Crippen LogP) is 1.17. The highest BCUT2D eigenvalue weighted by atomic mass is 16.5. The monoisotopic (exact) mass is 223 g/mol.